The molecule has 0 fully saturated rings. The number of hydrogen-bond donors (Lipinski definition) is 2. The number of rotatable bonds is 13. The first-order valence-corrected chi connectivity index (χ1v) is 12.2. The van der Waals surface area contributed by atoms with Crippen LogP contribution in [0.25, 0.3) is 0 Å². The van der Waals surface area contributed by atoms with Crippen LogP contribution < -0.4 is 9.47 Å². The van der Waals surface area contributed by atoms with Crippen molar-refractivity contribution in [3.63, 3.8) is 0 Å². The summed E-state index contributed by atoms with van der Waals surface area (Å²) < 4.78 is 10.2. The number of ether oxygens (including phenoxy) is 2. The highest BCUT2D eigenvalue weighted by atomic mass is 16.5. The molecule has 0 bridgehead atoms. The Bertz CT molecular complexity index is 988. The predicted octanol–water partition coefficient (Wildman–Crippen LogP) is 5.54. The fourth-order valence-electron chi connectivity index (χ4n) is 3.98. The van der Waals surface area contributed by atoms with E-state index in [-0.39, 0.29) is 24.4 Å². The molecular formula is C28H34O8. The SMILES string of the molecule is COc1ccc2c(c1)C(=O)c1ccc(OC)cc1C2=O.O=C(O)CCCCCCCCCCC(=O)O. The van der Waals surface area contributed by atoms with Crippen molar-refractivity contribution in [3.05, 3.63) is 58.7 Å². The molecule has 0 atom stereocenters. The van der Waals surface area contributed by atoms with Gasteiger partial charge in [-0.1, -0.05) is 38.5 Å². The Morgan fingerprint density at radius 1 is 0.583 bits per heavy atom. The number of benzene rings is 2. The van der Waals surface area contributed by atoms with Crippen LogP contribution in [0.2, 0.25) is 0 Å². The highest BCUT2D eigenvalue weighted by Gasteiger charge is 2.30. The van der Waals surface area contributed by atoms with E-state index in [1.54, 1.807) is 36.4 Å². The number of ketones is 2. The van der Waals surface area contributed by atoms with E-state index in [9.17, 15) is 19.2 Å². The molecule has 1 aliphatic rings. The minimum Gasteiger partial charge on any atom is -0.497 e. The molecule has 0 saturated carbocycles. The highest BCUT2D eigenvalue weighted by Crippen LogP contribution is 2.31. The number of carbonyl (C=O) groups is 4. The van der Waals surface area contributed by atoms with E-state index in [4.69, 9.17) is 19.7 Å². The van der Waals surface area contributed by atoms with Gasteiger partial charge < -0.3 is 19.7 Å². The number of carboxylic acid groups (broad SMARTS) is 2. The van der Waals surface area contributed by atoms with Crippen LogP contribution in [0.3, 0.4) is 0 Å². The van der Waals surface area contributed by atoms with E-state index in [0.29, 0.717) is 33.8 Å². The van der Waals surface area contributed by atoms with Crippen molar-refractivity contribution in [1.29, 1.82) is 0 Å². The van der Waals surface area contributed by atoms with Crippen molar-refractivity contribution in [3.8, 4) is 11.5 Å². The first-order chi connectivity index (χ1) is 17.3. The Hall–Kier alpha value is -3.68. The monoisotopic (exact) mass is 498 g/mol. The lowest BCUT2D eigenvalue weighted by Gasteiger charge is -2.18. The molecule has 0 aliphatic heterocycles. The van der Waals surface area contributed by atoms with Crippen molar-refractivity contribution >= 4 is 23.5 Å². The second-order valence-corrected chi connectivity index (χ2v) is 8.60. The van der Waals surface area contributed by atoms with Crippen LogP contribution >= 0.6 is 0 Å². The Balaban J connectivity index is 0.000000262. The third-order valence-electron chi connectivity index (χ3n) is 5.96. The average molecular weight is 499 g/mol. The number of carboxylic acids is 2. The van der Waals surface area contributed by atoms with Gasteiger partial charge in [0.05, 0.1) is 14.2 Å². The largest absolute Gasteiger partial charge is 0.497 e. The summed E-state index contributed by atoms with van der Waals surface area (Å²) in [6, 6.07) is 9.80. The molecule has 3 rings (SSSR count). The Labute approximate surface area is 211 Å². The zero-order valence-electron chi connectivity index (χ0n) is 20.9. The maximum atomic E-state index is 12.5. The molecule has 0 radical (unpaired) electrons. The molecule has 0 unspecified atom stereocenters. The third-order valence-corrected chi connectivity index (χ3v) is 5.96. The quantitative estimate of drug-likeness (QED) is 0.294. The zero-order chi connectivity index (χ0) is 26.5. The molecule has 194 valence electrons. The first-order valence-electron chi connectivity index (χ1n) is 12.2. The summed E-state index contributed by atoms with van der Waals surface area (Å²) in [7, 11) is 3.05. The van der Waals surface area contributed by atoms with E-state index in [1.807, 2.05) is 0 Å². The number of methoxy groups -OCH3 is 2. The van der Waals surface area contributed by atoms with Crippen LogP contribution in [0.5, 0.6) is 11.5 Å². The molecule has 36 heavy (non-hydrogen) atoms. The third kappa shape index (κ3) is 8.52. The van der Waals surface area contributed by atoms with Crippen LogP contribution in [0.4, 0.5) is 0 Å². The first kappa shape index (κ1) is 28.6. The van der Waals surface area contributed by atoms with E-state index in [2.05, 4.69) is 0 Å². The second-order valence-electron chi connectivity index (χ2n) is 8.60. The van der Waals surface area contributed by atoms with Gasteiger partial charge in [-0.15, -0.1) is 0 Å². The van der Waals surface area contributed by atoms with E-state index in [0.717, 1.165) is 51.4 Å². The Kier molecular flexibility index (Phi) is 11.6. The van der Waals surface area contributed by atoms with E-state index in [1.165, 1.54) is 14.2 Å². The maximum absolute atomic E-state index is 12.5. The summed E-state index contributed by atoms with van der Waals surface area (Å²) in [4.78, 5) is 45.4. The Morgan fingerprint density at radius 3 is 1.22 bits per heavy atom. The molecule has 8 nitrogen and oxygen atoms in total. The van der Waals surface area contributed by atoms with Crippen molar-refractivity contribution in [2.45, 2.75) is 64.2 Å². The molecule has 8 heteroatoms. The lowest BCUT2D eigenvalue weighted by molar-refractivity contribution is -0.138. The normalized spacial score (nSPS) is 11.6. The van der Waals surface area contributed by atoms with Crippen molar-refractivity contribution < 1.29 is 38.9 Å². The number of unbranched alkanes of at least 4 members (excludes halogenated alkanes) is 7. The fourth-order valence-corrected chi connectivity index (χ4v) is 3.98. The average Bonchev–Trinajstić information content (AvgIpc) is 2.87. The summed E-state index contributed by atoms with van der Waals surface area (Å²) in [5.74, 6) is -0.654. The van der Waals surface area contributed by atoms with Crippen LogP contribution in [0, 0.1) is 0 Å². The van der Waals surface area contributed by atoms with E-state index < -0.39 is 11.9 Å². The summed E-state index contributed by atoms with van der Waals surface area (Å²) in [5.41, 5.74) is 1.56. The van der Waals surface area contributed by atoms with Gasteiger partial charge in [-0.2, -0.15) is 0 Å². The molecule has 2 aromatic rings. The molecule has 1 aliphatic carbocycles. The van der Waals surface area contributed by atoms with Gasteiger partial charge >= 0.3 is 11.9 Å². The minimum absolute atomic E-state index is 0.170. The number of fused-ring (bicyclic) bond motifs is 2. The number of hydrogen-bond acceptors (Lipinski definition) is 6. The van der Waals surface area contributed by atoms with Crippen molar-refractivity contribution in [1.82, 2.24) is 0 Å². The summed E-state index contributed by atoms with van der Waals surface area (Å²) in [6.45, 7) is 0. The molecular weight excluding hydrogens is 464 g/mol. The van der Waals surface area contributed by atoms with Gasteiger partial charge in [-0.25, -0.2) is 0 Å². The van der Waals surface area contributed by atoms with Crippen molar-refractivity contribution in [2.24, 2.45) is 0 Å². The van der Waals surface area contributed by atoms with Crippen molar-refractivity contribution in [2.75, 3.05) is 14.2 Å². The van der Waals surface area contributed by atoms with Gasteiger partial charge in [-0.05, 0) is 49.2 Å². The Morgan fingerprint density at radius 2 is 0.917 bits per heavy atom. The highest BCUT2D eigenvalue weighted by molar-refractivity contribution is 6.28. The standard InChI is InChI=1S/C16H12O4.C12H22O4/c1-19-9-3-5-11-13(7-9)15(17)12-6-4-10(20-2)8-14(12)16(11)18;13-11(14)9-7-5-3-1-2-4-6-8-10-12(15)16/h3-8H,1-2H3;1-10H2,(H,13,14)(H,15,16). The van der Waals surface area contributed by atoms with Gasteiger partial charge in [0, 0.05) is 35.1 Å². The van der Waals surface area contributed by atoms with Crippen LogP contribution in [0.15, 0.2) is 36.4 Å². The maximum Gasteiger partial charge on any atom is 0.303 e. The van der Waals surface area contributed by atoms with Crippen LogP contribution in [0.1, 0.15) is 96.1 Å². The fraction of sp³-hybridized carbons (Fsp3) is 0.429. The molecule has 0 aromatic heterocycles. The number of carbonyl (C=O) groups excluding carboxylic acids is 2. The van der Waals surface area contributed by atoms with Gasteiger partial charge in [0.15, 0.2) is 11.6 Å². The van der Waals surface area contributed by atoms with Gasteiger partial charge in [0.2, 0.25) is 0 Å². The van der Waals surface area contributed by atoms with Crippen LogP contribution in [-0.4, -0.2) is 47.9 Å². The van der Waals surface area contributed by atoms with Gasteiger partial charge in [0.1, 0.15) is 11.5 Å². The lowest BCUT2D eigenvalue weighted by Crippen LogP contribution is -2.20. The lowest BCUT2D eigenvalue weighted by atomic mass is 9.84. The molecule has 0 spiro atoms. The zero-order valence-corrected chi connectivity index (χ0v) is 20.9. The van der Waals surface area contributed by atoms with Crippen LogP contribution in [-0.2, 0) is 9.59 Å². The molecule has 0 saturated heterocycles. The van der Waals surface area contributed by atoms with Gasteiger partial charge in [-0.3, -0.25) is 19.2 Å². The summed E-state index contributed by atoms with van der Waals surface area (Å²) >= 11 is 0. The molecule has 2 N–H and O–H groups in total. The summed E-state index contributed by atoms with van der Waals surface area (Å²) in [6.07, 6.45) is 8.51. The summed E-state index contributed by atoms with van der Waals surface area (Å²) in [5, 5.41) is 16.8. The molecule has 0 heterocycles. The van der Waals surface area contributed by atoms with E-state index >= 15 is 0 Å². The molecule has 2 aromatic carbocycles. The topological polar surface area (TPSA) is 127 Å². The minimum atomic E-state index is -0.714. The number of aliphatic carboxylic acids is 2. The predicted molar refractivity (Wildman–Crippen MR) is 134 cm³/mol. The second kappa shape index (κ2) is 14.7. The van der Waals surface area contributed by atoms with Gasteiger partial charge in [0.25, 0.3) is 0 Å². The smallest absolute Gasteiger partial charge is 0.303 e. The molecule has 0 amide bonds.